The molecule has 0 aliphatic carbocycles. The highest BCUT2D eigenvalue weighted by atomic mass is 16.5. The van der Waals surface area contributed by atoms with E-state index in [1.165, 1.54) is 11.1 Å². The second-order valence-electron chi connectivity index (χ2n) is 14.5. The molecule has 4 aliphatic heterocycles. The van der Waals surface area contributed by atoms with Gasteiger partial charge in [0.25, 0.3) is 0 Å². The fraction of sp³-hybridized carbons (Fsp3) is 0.395. The normalized spacial score (nSPS) is 24.8. The van der Waals surface area contributed by atoms with Gasteiger partial charge in [0.15, 0.2) is 23.0 Å². The number of carbonyl (C=O) groups excluding carboxylic acids is 1. The van der Waals surface area contributed by atoms with E-state index in [1.54, 1.807) is 28.4 Å². The Morgan fingerprint density at radius 2 is 1.32 bits per heavy atom. The Morgan fingerprint density at radius 3 is 1.98 bits per heavy atom. The van der Waals surface area contributed by atoms with Gasteiger partial charge in [-0.25, -0.2) is 0 Å². The number of ether oxygens (including phenoxy) is 5. The summed E-state index contributed by atoms with van der Waals surface area (Å²) in [5.41, 5.74) is 7.92. The maximum absolute atomic E-state index is 14.4. The second kappa shape index (κ2) is 14.4. The smallest absolute Gasteiger partial charge is 0.323 e. The number of piperazine rings is 1. The Labute approximate surface area is 311 Å². The molecule has 4 aromatic rings. The molecular weight excluding hydrogens is 668 g/mol. The lowest BCUT2D eigenvalue weighted by molar-refractivity contribution is -0.156. The van der Waals surface area contributed by atoms with E-state index in [2.05, 4.69) is 70.3 Å². The van der Waals surface area contributed by atoms with Crippen LogP contribution in [0.2, 0.25) is 0 Å². The SMILES string of the molecule is COc1cc2c(cc1OC)[C@@H]1[C@@H]3Cc4cc(OC)c(OC)cc4[C@H](COC(=O)[C@H]4Cc5ccccc5CN4Cc4ccccc4)N3[C@@H](C#N)[C@H](C2)N1C. The Hall–Kier alpha value is -5.08. The summed E-state index contributed by atoms with van der Waals surface area (Å²) >= 11 is 0. The minimum absolute atomic E-state index is 0.0520. The molecule has 4 aromatic carbocycles. The number of esters is 1. The van der Waals surface area contributed by atoms with E-state index in [1.807, 2.05) is 36.4 Å². The number of hydrogen-bond acceptors (Lipinski definition) is 10. The number of benzene rings is 4. The molecule has 274 valence electrons. The van der Waals surface area contributed by atoms with Crippen LogP contribution in [-0.4, -0.2) is 86.9 Å². The van der Waals surface area contributed by atoms with Crippen LogP contribution in [0, 0.1) is 11.3 Å². The summed E-state index contributed by atoms with van der Waals surface area (Å²) in [6, 6.07) is 28.0. The molecule has 0 aromatic heterocycles. The average molecular weight is 715 g/mol. The highest BCUT2D eigenvalue weighted by molar-refractivity contribution is 5.77. The number of carbonyl (C=O) groups is 1. The molecule has 1 fully saturated rings. The van der Waals surface area contributed by atoms with Gasteiger partial charge in [-0.3, -0.25) is 19.5 Å². The third-order valence-corrected chi connectivity index (χ3v) is 11.9. The minimum Gasteiger partial charge on any atom is -0.493 e. The molecule has 1 saturated heterocycles. The first kappa shape index (κ1) is 35.0. The van der Waals surface area contributed by atoms with Crippen LogP contribution < -0.4 is 18.9 Å². The molecule has 0 radical (unpaired) electrons. The zero-order valence-electron chi connectivity index (χ0n) is 31.0. The van der Waals surface area contributed by atoms with Crippen molar-refractivity contribution in [1.82, 2.24) is 14.7 Å². The molecule has 4 heterocycles. The van der Waals surface area contributed by atoms with Crippen LogP contribution in [0.3, 0.4) is 0 Å². The first-order chi connectivity index (χ1) is 25.9. The Balaban J connectivity index is 1.17. The molecule has 0 spiro atoms. The Bertz CT molecular complexity index is 2050. The maximum Gasteiger partial charge on any atom is 0.323 e. The van der Waals surface area contributed by atoms with Gasteiger partial charge >= 0.3 is 5.97 Å². The van der Waals surface area contributed by atoms with Gasteiger partial charge < -0.3 is 23.7 Å². The van der Waals surface area contributed by atoms with Crippen molar-refractivity contribution in [3.63, 3.8) is 0 Å². The van der Waals surface area contributed by atoms with Crippen LogP contribution in [0.4, 0.5) is 0 Å². The molecule has 0 amide bonds. The molecule has 0 saturated carbocycles. The van der Waals surface area contributed by atoms with Gasteiger partial charge in [0.2, 0.25) is 0 Å². The minimum atomic E-state index is -0.469. The van der Waals surface area contributed by atoms with E-state index in [9.17, 15) is 10.1 Å². The van der Waals surface area contributed by atoms with Crippen LogP contribution in [-0.2, 0) is 41.9 Å². The zero-order chi connectivity index (χ0) is 36.8. The molecule has 0 N–H and O–H groups in total. The molecule has 0 unspecified atom stereocenters. The third kappa shape index (κ3) is 6.07. The van der Waals surface area contributed by atoms with Crippen LogP contribution in [0.25, 0.3) is 0 Å². The lowest BCUT2D eigenvalue weighted by Gasteiger charge is -2.59. The van der Waals surface area contributed by atoms with E-state index in [0.29, 0.717) is 55.4 Å². The second-order valence-corrected chi connectivity index (χ2v) is 14.5. The third-order valence-electron chi connectivity index (χ3n) is 11.9. The molecule has 53 heavy (non-hydrogen) atoms. The van der Waals surface area contributed by atoms with Crippen LogP contribution in [0.15, 0.2) is 78.9 Å². The molecule has 4 aliphatic rings. The van der Waals surface area contributed by atoms with Crippen LogP contribution >= 0.6 is 0 Å². The number of methoxy groups -OCH3 is 4. The molecular formula is C43H46N4O6. The summed E-state index contributed by atoms with van der Waals surface area (Å²) < 4.78 is 29.5. The van der Waals surface area contributed by atoms with Crippen molar-refractivity contribution in [3.8, 4) is 29.1 Å². The van der Waals surface area contributed by atoms with Crippen molar-refractivity contribution >= 4 is 5.97 Å². The monoisotopic (exact) mass is 714 g/mol. The number of nitriles is 1. The molecule has 10 nitrogen and oxygen atoms in total. The lowest BCUT2D eigenvalue weighted by Crippen LogP contribution is -2.68. The van der Waals surface area contributed by atoms with E-state index < -0.39 is 18.1 Å². The van der Waals surface area contributed by atoms with Crippen molar-refractivity contribution < 1.29 is 28.5 Å². The van der Waals surface area contributed by atoms with Gasteiger partial charge in [0.05, 0.1) is 46.6 Å². The maximum atomic E-state index is 14.4. The molecule has 2 bridgehead atoms. The van der Waals surface area contributed by atoms with Crippen molar-refractivity contribution in [2.75, 3.05) is 42.1 Å². The number of fused-ring (bicyclic) bond motifs is 8. The van der Waals surface area contributed by atoms with Crippen molar-refractivity contribution in [2.45, 2.75) is 68.6 Å². The standard InChI is InChI=1S/C43H46N4O6/c1-45-33-16-30-19-39(50-3)41(52-5)21-32(30)42(45)34-17-29-18-38(49-2)40(51-4)20-31(29)37(47(34)36(33)22-44)25-53-43(48)35-15-27-13-9-10-14-28(27)24-46(35)23-26-11-7-6-8-12-26/h6-14,18-21,33-37,42H,15-17,23-25H2,1-5H3/t33-,34-,35+,36-,37-,42+/m0/s1. The molecule has 10 heteroatoms. The van der Waals surface area contributed by atoms with Crippen molar-refractivity contribution in [3.05, 3.63) is 118 Å². The number of rotatable bonds is 9. The van der Waals surface area contributed by atoms with Gasteiger partial charge in [0.1, 0.15) is 18.7 Å². The predicted octanol–water partition coefficient (Wildman–Crippen LogP) is 5.66. The van der Waals surface area contributed by atoms with Gasteiger partial charge in [0, 0.05) is 25.2 Å². The van der Waals surface area contributed by atoms with E-state index in [4.69, 9.17) is 23.7 Å². The topological polar surface area (TPSA) is 96.7 Å². The first-order valence-electron chi connectivity index (χ1n) is 18.3. The van der Waals surface area contributed by atoms with Crippen LogP contribution in [0.1, 0.15) is 51.0 Å². The molecule has 8 rings (SSSR count). The largest absolute Gasteiger partial charge is 0.493 e. The van der Waals surface area contributed by atoms with Gasteiger partial charge in [-0.2, -0.15) is 5.26 Å². The number of nitrogens with zero attached hydrogens (tertiary/aromatic N) is 4. The van der Waals surface area contributed by atoms with Gasteiger partial charge in [-0.15, -0.1) is 0 Å². The highest BCUT2D eigenvalue weighted by Gasteiger charge is 2.55. The summed E-state index contributed by atoms with van der Waals surface area (Å²) in [6.45, 7) is 1.38. The summed E-state index contributed by atoms with van der Waals surface area (Å²) in [6.07, 6.45) is 1.90. The molecule has 6 atom stereocenters. The average Bonchev–Trinajstić information content (AvgIpc) is 3.19. The van der Waals surface area contributed by atoms with E-state index >= 15 is 0 Å². The summed E-state index contributed by atoms with van der Waals surface area (Å²) in [7, 11) is 8.70. The summed E-state index contributed by atoms with van der Waals surface area (Å²) in [5, 5.41) is 11.0. The highest BCUT2D eigenvalue weighted by Crippen LogP contribution is 2.52. The van der Waals surface area contributed by atoms with Gasteiger partial charge in [-0.05, 0) is 89.5 Å². The van der Waals surface area contributed by atoms with Crippen LogP contribution in [0.5, 0.6) is 23.0 Å². The predicted molar refractivity (Wildman–Crippen MR) is 199 cm³/mol. The van der Waals surface area contributed by atoms with E-state index in [-0.39, 0.29) is 30.7 Å². The van der Waals surface area contributed by atoms with Gasteiger partial charge in [-0.1, -0.05) is 54.6 Å². The van der Waals surface area contributed by atoms with E-state index in [0.717, 1.165) is 27.8 Å². The quantitative estimate of drug-likeness (QED) is 0.202. The fourth-order valence-corrected chi connectivity index (χ4v) is 9.40. The summed E-state index contributed by atoms with van der Waals surface area (Å²) in [4.78, 5) is 21.3. The Morgan fingerprint density at radius 1 is 0.736 bits per heavy atom. The van der Waals surface area contributed by atoms with Crippen molar-refractivity contribution in [2.24, 2.45) is 0 Å². The zero-order valence-corrected chi connectivity index (χ0v) is 31.0. The number of hydrogen-bond donors (Lipinski definition) is 0. The fourth-order valence-electron chi connectivity index (χ4n) is 9.40. The lowest BCUT2D eigenvalue weighted by atomic mass is 9.72. The Kier molecular flexibility index (Phi) is 9.50. The first-order valence-corrected chi connectivity index (χ1v) is 18.3. The number of likely N-dealkylation sites (N-methyl/N-ethyl adjacent to an activating group) is 1. The summed E-state index contributed by atoms with van der Waals surface area (Å²) in [5.74, 6) is 2.34. The van der Waals surface area contributed by atoms with Crippen molar-refractivity contribution in [1.29, 1.82) is 5.26 Å².